The second kappa shape index (κ2) is 3.97. The number of nitrogens with two attached hydrogens (primary N) is 1. The Balaban J connectivity index is 3.63. The van der Waals surface area contributed by atoms with Crippen LogP contribution in [-0.2, 0) is 4.79 Å². The Morgan fingerprint density at radius 2 is 2.18 bits per heavy atom. The summed E-state index contributed by atoms with van der Waals surface area (Å²) in [6.07, 6.45) is 1.19. The first-order valence-electron chi connectivity index (χ1n) is 3.54. The molecule has 4 heteroatoms. The van der Waals surface area contributed by atoms with Crippen LogP contribution in [0, 0.1) is 0 Å². The summed E-state index contributed by atoms with van der Waals surface area (Å²) in [5.41, 5.74) is 5.29. The van der Waals surface area contributed by atoms with Crippen LogP contribution in [0.3, 0.4) is 0 Å². The van der Waals surface area contributed by atoms with Gasteiger partial charge in [-0.3, -0.25) is 4.79 Å². The van der Waals surface area contributed by atoms with Crippen molar-refractivity contribution in [3.63, 3.8) is 0 Å². The molecule has 0 saturated heterocycles. The average Bonchev–Trinajstić information content (AvgIpc) is 1.80. The van der Waals surface area contributed by atoms with Crippen molar-refractivity contribution in [3.05, 3.63) is 0 Å². The van der Waals surface area contributed by atoms with Crippen LogP contribution in [0.25, 0.3) is 0 Å². The van der Waals surface area contributed by atoms with Crippen molar-refractivity contribution < 1.29 is 9.90 Å². The molecule has 0 aliphatic carbocycles. The predicted molar refractivity (Wildman–Crippen MR) is 47.9 cm³/mol. The molecule has 66 valence electrons. The highest BCUT2D eigenvalue weighted by atomic mass is 32.1. The third-order valence-electron chi connectivity index (χ3n) is 1.38. The van der Waals surface area contributed by atoms with E-state index in [0.29, 0.717) is 12.8 Å². The number of hydrogen-bond donors (Lipinski definition) is 3. The van der Waals surface area contributed by atoms with Gasteiger partial charge in [-0.25, -0.2) is 0 Å². The summed E-state index contributed by atoms with van der Waals surface area (Å²) >= 11 is 4.25. The van der Waals surface area contributed by atoms with E-state index >= 15 is 0 Å². The van der Waals surface area contributed by atoms with Crippen molar-refractivity contribution in [1.29, 1.82) is 0 Å². The SMILES string of the molecule is CC(C)(S)CC[C@H](N)C(=O)O. The van der Waals surface area contributed by atoms with Gasteiger partial charge >= 0.3 is 5.97 Å². The molecule has 3 N–H and O–H groups in total. The molecule has 0 rings (SSSR count). The minimum absolute atomic E-state index is 0.132. The molecule has 1 atom stereocenters. The van der Waals surface area contributed by atoms with E-state index in [1.165, 1.54) is 0 Å². The van der Waals surface area contributed by atoms with Gasteiger partial charge < -0.3 is 10.8 Å². The summed E-state index contributed by atoms with van der Waals surface area (Å²) in [6.45, 7) is 3.87. The van der Waals surface area contributed by atoms with E-state index in [2.05, 4.69) is 12.6 Å². The van der Waals surface area contributed by atoms with Crippen LogP contribution in [0.5, 0.6) is 0 Å². The van der Waals surface area contributed by atoms with E-state index in [9.17, 15) is 4.79 Å². The number of thiol groups is 1. The molecule has 0 aromatic heterocycles. The zero-order valence-electron chi connectivity index (χ0n) is 6.87. The van der Waals surface area contributed by atoms with Crippen LogP contribution in [0.4, 0.5) is 0 Å². The van der Waals surface area contributed by atoms with Crippen LogP contribution in [0.1, 0.15) is 26.7 Å². The number of rotatable bonds is 4. The van der Waals surface area contributed by atoms with E-state index in [1.54, 1.807) is 0 Å². The largest absolute Gasteiger partial charge is 0.480 e. The Kier molecular flexibility index (Phi) is 3.89. The number of carboxylic acids is 1. The third kappa shape index (κ3) is 6.19. The van der Waals surface area contributed by atoms with Gasteiger partial charge in [-0.1, -0.05) is 13.8 Å². The summed E-state index contributed by atoms with van der Waals surface area (Å²) in [7, 11) is 0. The van der Waals surface area contributed by atoms with Crippen molar-refractivity contribution in [2.24, 2.45) is 5.73 Å². The first-order chi connectivity index (χ1) is 4.83. The number of aliphatic carboxylic acids is 1. The molecule has 0 unspecified atom stereocenters. The molecule has 0 spiro atoms. The summed E-state index contributed by atoms with van der Waals surface area (Å²) < 4.78 is -0.132. The normalized spacial score (nSPS) is 14.5. The zero-order valence-corrected chi connectivity index (χ0v) is 7.77. The van der Waals surface area contributed by atoms with Crippen molar-refractivity contribution in [1.82, 2.24) is 0 Å². The summed E-state index contributed by atoms with van der Waals surface area (Å²) in [6, 6.07) is -0.749. The highest BCUT2D eigenvalue weighted by Crippen LogP contribution is 2.19. The van der Waals surface area contributed by atoms with Crippen LogP contribution in [0.2, 0.25) is 0 Å². The van der Waals surface area contributed by atoms with Crippen LogP contribution in [-0.4, -0.2) is 21.9 Å². The van der Waals surface area contributed by atoms with Crippen LogP contribution in [0.15, 0.2) is 0 Å². The molecule has 0 aromatic rings. The van der Waals surface area contributed by atoms with Crippen molar-refractivity contribution in [2.75, 3.05) is 0 Å². The molecule has 0 bridgehead atoms. The molecule has 0 fully saturated rings. The maximum Gasteiger partial charge on any atom is 0.320 e. The Morgan fingerprint density at radius 3 is 2.45 bits per heavy atom. The minimum atomic E-state index is -0.942. The molecule has 0 aromatic carbocycles. The Labute approximate surface area is 72.4 Å². The first kappa shape index (κ1) is 10.8. The molecule has 0 amide bonds. The number of carboxylic acid groups (broad SMARTS) is 1. The lowest BCUT2D eigenvalue weighted by Gasteiger charge is -2.17. The van der Waals surface area contributed by atoms with E-state index < -0.39 is 12.0 Å². The first-order valence-corrected chi connectivity index (χ1v) is 3.98. The van der Waals surface area contributed by atoms with Gasteiger partial charge in [-0.15, -0.1) is 0 Å². The molecule has 0 heterocycles. The lowest BCUT2D eigenvalue weighted by molar-refractivity contribution is -0.138. The average molecular weight is 177 g/mol. The van der Waals surface area contributed by atoms with E-state index in [4.69, 9.17) is 10.8 Å². The fraction of sp³-hybridized carbons (Fsp3) is 0.857. The Bertz CT molecular complexity index is 142. The standard InChI is InChI=1S/C7H15NO2S/c1-7(2,11)4-3-5(8)6(9)10/h5,11H,3-4,8H2,1-2H3,(H,9,10)/t5-/m0/s1. The van der Waals surface area contributed by atoms with Gasteiger partial charge in [-0.05, 0) is 12.8 Å². The molecule has 0 aliphatic rings. The quantitative estimate of drug-likeness (QED) is 0.559. The van der Waals surface area contributed by atoms with Gasteiger partial charge in [0.05, 0.1) is 0 Å². The van der Waals surface area contributed by atoms with Gasteiger partial charge in [0.25, 0.3) is 0 Å². The van der Waals surface area contributed by atoms with Crippen molar-refractivity contribution >= 4 is 18.6 Å². The highest BCUT2D eigenvalue weighted by Gasteiger charge is 2.17. The molecule has 3 nitrogen and oxygen atoms in total. The number of carbonyl (C=O) groups is 1. The lowest BCUT2D eigenvalue weighted by Crippen LogP contribution is -2.31. The molecular formula is C7H15NO2S. The smallest absolute Gasteiger partial charge is 0.320 e. The van der Waals surface area contributed by atoms with Gasteiger partial charge in [0, 0.05) is 4.75 Å². The second-order valence-electron chi connectivity index (χ2n) is 3.30. The number of hydrogen-bond acceptors (Lipinski definition) is 3. The predicted octanol–water partition coefficient (Wildman–Crippen LogP) is 0.887. The van der Waals surface area contributed by atoms with Crippen LogP contribution < -0.4 is 5.73 Å². The van der Waals surface area contributed by atoms with Crippen molar-refractivity contribution in [3.8, 4) is 0 Å². The van der Waals surface area contributed by atoms with Crippen molar-refractivity contribution in [2.45, 2.75) is 37.5 Å². The van der Waals surface area contributed by atoms with Gasteiger partial charge in [-0.2, -0.15) is 12.6 Å². The van der Waals surface area contributed by atoms with E-state index in [0.717, 1.165) is 0 Å². The lowest BCUT2D eigenvalue weighted by atomic mass is 10.0. The molecule has 0 radical (unpaired) electrons. The van der Waals surface area contributed by atoms with Crippen LogP contribution >= 0.6 is 12.6 Å². The maximum atomic E-state index is 10.3. The molecule has 0 saturated carbocycles. The molecule has 11 heavy (non-hydrogen) atoms. The molecule has 0 aliphatic heterocycles. The Hall–Kier alpha value is -0.220. The zero-order chi connectivity index (χ0) is 9.07. The Morgan fingerprint density at radius 1 is 1.73 bits per heavy atom. The summed E-state index contributed by atoms with van der Waals surface area (Å²) in [5, 5.41) is 8.43. The second-order valence-corrected chi connectivity index (χ2v) is 4.51. The third-order valence-corrected chi connectivity index (χ3v) is 1.61. The van der Waals surface area contributed by atoms with Gasteiger partial charge in [0.15, 0.2) is 0 Å². The highest BCUT2D eigenvalue weighted by molar-refractivity contribution is 7.81. The fourth-order valence-electron chi connectivity index (χ4n) is 0.632. The summed E-state index contributed by atoms with van der Waals surface area (Å²) in [4.78, 5) is 10.3. The van der Waals surface area contributed by atoms with E-state index in [-0.39, 0.29) is 4.75 Å². The topological polar surface area (TPSA) is 63.3 Å². The minimum Gasteiger partial charge on any atom is -0.480 e. The van der Waals surface area contributed by atoms with Gasteiger partial charge in [0.1, 0.15) is 6.04 Å². The summed E-state index contributed by atoms with van der Waals surface area (Å²) in [5.74, 6) is -0.942. The van der Waals surface area contributed by atoms with E-state index in [1.807, 2.05) is 13.8 Å². The molecular weight excluding hydrogens is 162 g/mol. The van der Waals surface area contributed by atoms with Gasteiger partial charge in [0.2, 0.25) is 0 Å². The maximum absolute atomic E-state index is 10.3. The monoisotopic (exact) mass is 177 g/mol. The fourth-order valence-corrected chi connectivity index (χ4v) is 0.761.